The van der Waals surface area contributed by atoms with Gasteiger partial charge in [-0.2, -0.15) is 0 Å². The number of carbonyl (C=O) groups excluding carboxylic acids is 11. The summed E-state index contributed by atoms with van der Waals surface area (Å²) in [4.78, 5) is 178. The van der Waals surface area contributed by atoms with Crippen LogP contribution in [0.5, 0.6) is 0 Å². The number of Topliss-reactive ketones (excluding diaryl/α,β-unsaturated/α-hetero) is 4. The number of carbonyl (C=O) groups is 12. The van der Waals surface area contributed by atoms with Gasteiger partial charge in [-0.05, 0) is 113 Å². The average molecular weight is 1590 g/mol. The first-order valence-electron chi connectivity index (χ1n) is 41.2. The number of ketones is 4. The number of nitrogens with zero attached hydrogens (tertiary/aromatic N) is 7. The Morgan fingerprint density at radius 1 is 0.460 bits per heavy atom. The fraction of sp³-hybridized carbons (Fsp3) is 0.727. The van der Waals surface area contributed by atoms with Crippen molar-refractivity contribution in [1.82, 2.24) is 34.5 Å². The number of likely N-dealkylation sites (tertiary alicyclic amines) is 2. The number of hydrogen-bond donors (Lipinski definition) is 1. The van der Waals surface area contributed by atoms with Crippen LogP contribution in [0.15, 0.2) is 60.7 Å². The van der Waals surface area contributed by atoms with E-state index >= 15 is 0 Å². The van der Waals surface area contributed by atoms with Crippen LogP contribution < -0.4 is 0 Å². The van der Waals surface area contributed by atoms with Gasteiger partial charge in [0, 0.05) is 118 Å². The molecular formula is C88H141N7O18. The van der Waals surface area contributed by atoms with Crippen LogP contribution in [0.4, 0.5) is 0 Å². The number of amides is 6. The molecule has 6 amide bonds. The number of aliphatic carboxylic acids is 1. The highest BCUT2D eigenvalue weighted by Gasteiger charge is 2.47. The van der Waals surface area contributed by atoms with E-state index in [9.17, 15) is 62.6 Å². The molecule has 3 heterocycles. The third kappa shape index (κ3) is 27.2. The number of benzene rings is 2. The third-order valence-corrected chi connectivity index (χ3v) is 24.2. The Labute approximate surface area is 675 Å². The van der Waals surface area contributed by atoms with Gasteiger partial charge in [-0.25, -0.2) is 4.79 Å². The van der Waals surface area contributed by atoms with Crippen LogP contribution in [-0.2, 0) is 94.2 Å². The molecule has 3 aliphatic rings. The van der Waals surface area contributed by atoms with E-state index in [4.69, 9.17) is 23.8 Å². The van der Waals surface area contributed by atoms with Gasteiger partial charge in [0.25, 0.3) is 11.8 Å². The van der Waals surface area contributed by atoms with E-state index in [-0.39, 0.29) is 165 Å². The van der Waals surface area contributed by atoms with Gasteiger partial charge in [-0.15, -0.1) is 5.06 Å². The van der Waals surface area contributed by atoms with E-state index in [0.717, 1.165) is 30.4 Å². The smallest absolute Gasteiger partial charge is 0.337 e. The topological polar surface area (TPSA) is 294 Å². The zero-order chi connectivity index (χ0) is 85.2. The Balaban J connectivity index is 0.000000480. The summed E-state index contributed by atoms with van der Waals surface area (Å²) in [6, 6.07) is 16.1. The first kappa shape index (κ1) is 98.2. The molecule has 2 aromatic rings. The minimum Gasteiger partial charge on any atom is -0.481 e. The second-order valence-corrected chi connectivity index (χ2v) is 34.0. The maximum atomic E-state index is 14.4. The van der Waals surface area contributed by atoms with Crippen molar-refractivity contribution in [2.24, 2.45) is 71.0 Å². The van der Waals surface area contributed by atoms with Crippen molar-refractivity contribution >= 4 is 70.5 Å². The quantitative estimate of drug-likeness (QED) is 0.0602. The maximum absolute atomic E-state index is 14.4. The molecule has 25 heteroatoms. The number of likely N-dealkylation sites (N-methyl/N-ethyl adjacent to an activating group) is 4. The number of hydroxylamine groups is 2. The molecule has 5 rings (SSSR count). The summed E-state index contributed by atoms with van der Waals surface area (Å²) in [7, 11) is 17.2. The minimum absolute atomic E-state index is 0.00721. The van der Waals surface area contributed by atoms with E-state index in [1.165, 1.54) is 14.2 Å². The van der Waals surface area contributed by atoms with Crippen molar-refractivity contribution in [3.8, 4) is 0 Å². The van der Waals surface area contributed by atoms with Crippen LogP contribution in [0.1, 0.15) is 198 Å². The second-order valence-electron chi connectivity index (χ2n) is 34.0. The monoisotopic (exact) mass is 1580 g/mol. The van der Waals surface area contributed by atoms with E-state index in [2.05, 4.69) is 6.92 Å². The Bertz CT molecular complexity index is 3370. The van der Waals surface area contributed by atoms with Gasteiger partial charge in [-0.3, -0.25) is 62.5 Å². The summed E-state index contributed by atoms with van der Waals surface area (Å²) in [5.41, 5.74) is 1.63. The van der Waals surface area contributed by atoms with Gasteiger partial charge >= 0.3 is 11.9 Å². The van der Waals surface area contributed by atoms with E-state index in [1.807, 2.05) is 175 Å². The largest absolute Gasteiger partial charge is 0.481 e. The lowest BCUT2D eigenvalue weighted by molar-refractivity contribution is -0.200. The van der Waals surface area contributed by atoms with Crippen molar-refractivity contribution in [2.45, 2.75) is 260 Å². The molecule has 2 unspecified atom stereocenters. The highest BCUT2D eigenvalue weighted by Crippen LogP contribution is 2.36. The molecule has 2 aromatic carbocycles. The molecule has 3 aliphatic heterocycles. The predicted molar refractivity (Wildman–Crippen MR) is 434 cm³/mol. The van der Waals surface area contributed by atoms with E-state index < -0.39 is 102 Å². The number of carboxylic acids is 1. The van der Waals surface area contributed by atoms with Crippen LogP contribution >= 0.6 is 0 Å². The average Bonchev–Trinajstić information content (AvgIpc) is 1.52. The number of rotatable bonds is 47. The lowest BCUT2D eigenvalue weighted by atomic mass is 9.83. The molecule has 1 N–H and O–H groups in total. The van der Waals surface area contributed by atoms with Crippen molar-refractivity contribution in [3.63, 3.8) is 0 Å². The SMILES string of the molecule is CC[C@H](C)[C@@H]([C@@H](CC(=O)N1CCC[C@H]1[C@H](OC)[C@@H](C)C(=O)C[C@@H](Cc1ccccc1)C(=O)O)OC)N(C)C(=O)C(CC(=O)[C@H](C(C)C)N(C)C)C(C)C.CC[C@H](C)[C@@H]([C@@H](CC(=O)N1CCC[C@H]1[C@H](OC)[C@@H](C)C(=O)C[C@@H](Cc1ccccc1)C(=O)ON1C(=O)CCC1=O)OC)N(C)C(=O)C(CC(=O)[C@H](C(C)C)N(C)C)C(C)C. The van der Waals surface area contributed by atoms with E-state index in [0.29, 0.717) is 37.4 Å². The second kappa shape index (κ2) is 47.2. The Morgan fingerprint density at radius 2 is 0.805 bits per heavy atom. The van der Waals surface area contributed by atoms with Gasteiger partial charge in [-0.1, -0.05) is 170 Å². The lowest BCUT2D eigenvalue weighted by Crippen LogP contribution is -2.54. The first-order chi connectivity index (χ1) is 53.2. The molecule has 113 heavy (non-hydrogen) atoms. The number of imide groups is 1. The van der Waals surface area contributed by atoms with Gasteiger partial charge in [0.05, 0.1) is 85.3 Å². The first-order valence-corrected chi connectivity index (χ1v) is 41.2. The molecule has 0 radical (unpaired) electrons. The fourth-order valence-electron chi connectivity index (χ4n) is 17.6. The van der Waals surface area contributed by atoms with Crippen LogP contribution in [0.25, 0.3) is 0 Å². The third-order valence-electron chi connectivity index (χ3n) is 24.2. The van der Waals surface area contributed by atoms with Crippen LogP contribution in [0, 0.1) is 71.0 Å². The summed E-state index contributed by atoms with van der Waals surface area (Å²) in [5.74, 6) is -8.47. The summed E-state index contributed by atoms with van der Waals surface area (Å²) in [6.45, 7) is 28.5. The molecule has 0 saturated carbocycles. The van der Waals surface area contributed by atoms with Gasteiger partial charge < -0.3 is 48.5 Å². The molecule has 0 spiro atoms. The van der Waals surface area contributed by atoms with Gasteiger partial charge in [0.2, 0.25) is 23.6 Å². The molecule has 0 aliphatic carbocycles. The fourth-order valence-corrected chi connectivity index (χ4v) is 17.6. The molecule has 18 atom stereocenters. The summed E-state index contributed by atoms with van der Waals surface area (Å²) in [6.07, 6.45) is 1.74. The molecule has 3 saturated heterocycles. The van der Waals surface area contributed by atoms with Crippen LogP contribution in [0.2, 0.25) is 0 Å². The van der Waals surface area contributed by atoms with Crippen molar-refractivity contribution in [3.05, 3.63) is 71.8 Å². The number of methoxy groups -OCH3 is 4. The zero-order valence-corrected chi connectivity index (χ0v) is 72.7. The number of ether oxygens (including phenoxy) is 4. The molecule has 25 nitrogen and oxygen atoms in total. The van der Waals surface area contributed by atoms with Gasteiger partial charge in [0.15, 0.2) is 11.6 Å². The number of hydrogen-bond acceptors (Lipinski definition) is 19. The van der Waals surface area contributed by atoms with Crippen molar-refractivity contribution in [1.29, 1.82) is 0 Å². The molecule has 0 bridgehead atoms. The van der Waals surface area contributed by atoms with Crippen molar-refractivity contribution in [2.75, 3.05) is 83.8 Å². The maximum Gasteiger partial charge on any atom is 0.337 e. The summed E-state index contributed by atoms with van der Waals surface area (Å²) < 4.78 is 24.0. The highest BCUT2D eigenvalue weighted by molar-refractivity contribution is 6.02. The number of carboxylic acid groups (broad SMARTS) is 1. The van der Waals surface area contributed by atoms with Crippen molar-refractivity contribution < 1.29 is 86.4 Å². The predicted octanol–water partition coefficient (Wildman–Crippen LogP) is 10.8. The van der Waals surface area contributed by atoms with Crippen LogP contribution in [-0.4, -0.2) is 255 Å². The zero-order valence-electron chi connectivity index (χ0n) is 72.7. The summed E-state index contributed by atoms with van der Waals surface area (Å²) in [5, 5.41) is 10.4. The minimum atomic E-state index is -1.02. The molecule has 3 fully saturated rings. The standard InChI is InChI=1S/C46H72N4O10.C42H69N3O8/c1-13-30(6)43(48(10)45(56)34(28(2)3)26-37(52)42(29(4)5)47(8)9)38(58-11)27-41(55)49-23-17-20-35(49)44(59-12)31(7)36(51)25-33(24-32-18-15-14-16-19-32)46(57)60-50-39(53)21-22-40(50)54;1-13-28(6)39(44(10)41(49)32(26(2)3)24-35(47)38(27(4)5)43(8)9)36(52-11)25-37(48)45-21-17-20-33(45)40(53-12)29(7)34(46)23-31(42(50)51)22-30-18-15-14-16-19-30/h14-16,18-19,28-31,33-35,38,42-44H,13,17,20-27H2,1-12H3;14-16,18-19,26-29,31-33,36,38-40H,13,17,20-25H2,1-12H3,(H,50,51)/t30-,31-,33+,34?,35-,38+,42-,43-,44+;28-,29-,31+,32?,33-,36+,38-,39-,40+/m00/s1. The van der Waals surface area contributed by atoms with Gasteiger partial charge in [0.1, 0.15) is 11.6 Å². The lowest BCUT2D eigenvalue weighted by Gasteiger charge is -2.41. The summed E-state index contributed by atoms with van der Waals surface area (Å²) >= 11 is 0. The molecule has 0 aromatic heterocycles. The Kier molecular flexibility index (Phi) is 41.0. The molecular weight excluding hydrogens is 1440 g/mol. The Hall–Kier alpha value is -7.16. The molecule has 636 valence electrons. The highest BCUT2D eigenvalue weighted by atomic mass is 16.7. The van der Waals surface area contributed by atoms with Crippen LogP contribution in [0.3, 0.4) is 0 Å². The Morgan fingerprint density at radius 3 is 1.11 bits per heavy atom. The normalized spacial score (nSPS) is 19.6. The van der Waals surface area contributed by atoms with E-state index in [1.54, 1.807) is 61.8 Å².